The number of nitrogens with zero attached hydrogens (tertiary/aromatic N) is 1. The third-order valence-electron chi connectivity index (χ3n) is 2.65. The Bertz CT molecular complexity index is 594. The molecule has 0 unspecified atom stereocenters. The van der Waals surface area contributed by atoms with Gasteiger partial charge < -0.3 is 10.1 Å². The Balaban J connectivity index is 1.85. The molecule has 0 saturated carbocycles. The van der Waals surface area contributed by atoms with Crippen LogP contribution < -0.4 is 10.1 Å². The van der Waals surface area contributed by atoms with Gasteiger partial charge in [-0.1, -0.05) is 12.1 Å². The fraction of sp³-hybridized carbons (Fsp3) is 0.214. The van der Waals surface area contributed by atoms with Gasteiger partial charge in [-0.2, -0.15) is 8.78 Å². The van der Waals surface area contributed by atoms with Crippen LogP contribution in [0.1, 0.15) is 11.3 Å². The molecule has 0 atom stereocenters. The van der Waals surface area contributed by atoms with Crippen molar-refractivity contribution >= 4 is 31.9 Å². The van der Waals surface area contributed by atoms with Crippen LogP contribution in [-0.2, 0) is 13.1 Å². The van der Waals surface area contributed by atoms with Gasteiger partial charge in [-0.25, -0.2) is 0 Å². The van der Waals surface area contributed by atoms with E-state index in [9.17, 15) is 8.78 Å². The number of nitrogens with one attached hydrogen (secondary N) is 1. The van der Waals surface area contributed by atoms with Crippen LogP contribution in [0, 0.1) is 0 Å². The predicted molar refractivity (Wildman–Crippen MR) is 83.3 cm³/mol. The van der Waals surface area contributed by atoms with Gasteiger partial charge in [0, 0.05) is 28.2 Å². The van der Waals surface area contributed by atoms with Gasteiger partial charge in [-0.05, 0) is 55.6 Å². The number of alkyl halides is 2. The molecule has 0 aliphatic heterocycles. The van der Waals surface area contributed by atoms with E-state index in [1.165, 1.54) is 12.1 Å². The molecule has 0 radical (unpaired) electrons. The second kappa shape index (κ2) is 7.82. The van der Waals surface area contributed by atoms with Crippen molar-refractivity contribution in [1.82, 2.24) is 10.3 Å². The number of halogens is 4. The number of hydrogen-bond donors (Lipinski definition) is 1. The van der Waals surface area contributed by atoms with E-state index < -0.39 is 6.61 Å². The van der Waals surface area contributed by atoms with Crippen LogP contribution in [0.3, 0.4) is 0 Å². The standard InChI is InChI=1S/C14H12Br2F2N2O/c15-10-5-12(16)13(20-7-10)8-19-6-9-1-3-11(4-2-9)21-14(17)18/h1-5,7,14,19H,6,8H2. The van der Waals surface area contributed by atoms with Crippen molar-refractivity contribution in [3.8, 4) is 5.75 Å². The minimum Gasteiger partial charge on any atom is -0.435 e. The maximum Gasteiger partial charge on any atom is 0.387 e. The van der Waals surface area contributed by atoms with Crippen molar-refractivity contribution in [1.29, 1.82) is 0 Å². The van der Waals surface area contributed by atoms with Crippen LogP contribution >= 0.6 is 31.9 Å². The maximum atomic E-state index is 12.0. The summed E-state index contributed by atoms with van der Waals surface area (Å²) in [6.45, 7) is -1.59. The first kappa shape index (κ1) is 16.3. The Morgan fingerprint density at radius 1 is 1.14 bits per heavy atom. The molecule has 1 heterocycles. The summed E-state index contributed by atoms with van der Waals surface area (Å²) in [6.07, 6.45) is 1.73. The molecule has 3 nitrogen and oxygen atoms in total. The van der Waals surface area contributed by atoms with Crippen molar-refractivity contribution in [3.63, 3.8) is 0 Å². The molecule has 1 N–H and O–H groups in total. The second-order valence-electron chi connectivity index (χ2n) is 4.21. The molecule has 0 aliphatic rings. The van der Waals surface area contributed by atoms with E-state index in [0.29, 0.717) is 13.1 Å². The van der Waals surface area contributed by atoms with Gasteiger partial charge in [0.15, 0.2) is 0 Å². The topological polar surface area (TPSA) is 34.1 Å². The highest BCUT2D eigenvalue weighted by atomic mass is 79.9. The van der Waals surface area contributed by atoms with E-state index in [1.54, 1.807) is 18.3 Å². The normalized spacial score (nSPS) is 10.9. The Kier molecular flexibility index (Phi) is 6.08. The molecule has 112 valence electrons. The molecule has 0 fully saturated rings. The van der Waals surface area contributed by atoms with Gasteiger partial charge in [0.2, 0.25) is 0 Å². The molecule has 7 heteroatoms. The monoisotopic (exact) mass is 420 g/mol. The number of aromatic nitrogens is 1. The minimum atomic E-state index is -2.80. The Morgan fingerprint density at radius 2 is 1.86 bits per heavy atom. The molecule has 2 aromatic rings. The van der Waals surface area contributed by atoms with Crippen molar-refractivity contribution in [2.75, 3.05) is 0 Å². The van der Waals surface area contributed by atoms with Gasteiger partial charge in [0.05, 0.1) is 5.69 Å². The minimum absolute atomic E-state index is 0.158. The molecule has 0 saturated heterocycles. The SMILES string of the molecule is FC(F)Oc1ccc(CNCc2ncc(Br)cc2Br)cc1. The van der Waals surface area contributed by atoms with Crippen LogP contribution in [0.2, 0.25) is 0 Å². The first-order chi connectivity index (χ1) is 10.0. The van der Waals surface area contributed by atoms with Gasteiger partial charge >= 0.3 is 6.61 Å². The highest BCUT2D eigenvalue weighted by Gasteiger charge is 2.04. The van der Waals surface area contributed by atoms with Gasteiger partial charge in [-0.15, -0.1) is 0 Å². The summed E-state index contributed by atoms with van der Waals surface area (Å²) in [6, 6.07) is 8.47. The summed E-state index contributed by atoms with van der Waals surface area (Å²) in [5.74, 6) is 0.158. The van der Waals surface area contributed by atoms with E-state index >= 15 is 0 Å². The van der Waals surface area contributed by atoms with Crippen LogP contribution in [0.25, 0.3) is 0 Å². The second-order valence-corrected chi connectivity index (χ2v) is 5.98. The first-order valence-corrected chi connectivity index (χ1v) is 7.67. The molecule has 21 heavy (non-hydrogen) atoms. The summed E-state index contributed by atoms with van der Waals surface area (Å²) in [4.78, 5) is 4.30. The summed E-state index contributed by atoms with van der Waals surface area (Å²) in [5.41, 5.74) is 1.88. The lowest BCUT2D eigenvalue weighted by atomic mass is 10.2. The van der Waals surface area contributed by atoms with Gasteiger partial charge in [-0.3, -0.25) is 4.98 Å². The predicted octanol–water partition coefficient (Wildman–Crippen LogP) is 4.50. The van der Waals surface area contributed by atoms with Crippen LogP contribution in [-0.4, -0.2) is 11.6 Å². The zero-order valence-corrected chi connectivity index (χ0v) is 14.0. The average Bonchev–Trinajstić information content (AvgIpc) is 2.42. The van der Waals surface area contributed by atoms with E-state index in [0.717, 1.165) is 20.2 Å². The smallest absolute Gasteiger partial charge is 0.387 e. The Labute approximate surface area is 138 Å². The summed E-state index contributed by atoms with van der Waals surface area (Å²) >= 11 is 6.79. The molecule has 0 bridgehead atoms. The fourth-order valence-corrected chi connectivity index (χ4v) is 2.81. The van der Waals surface area contributed by atoms with E-state index in [4.69, 9.17) is 0 Å². The lowest BCUT2D eigenvalue weighted by Gasteiger charge is -2.08. The summed E-state index contributed by atoms with van der Waals surface area (Å²) in [7, 11) is 0. The average molecular weight is 422 g/mol. The number of benzene rings is 1. The van der Waals surface area contributed by atoms with E-state index in [1.807, 2.05) is 6.07 Å². The van der Waals surface area contributed by atoms with Crippen molar-refractivity contribution in [3.05, 3.63) is 56.7 Å². The van der Waals surface area contributed by atoms with Crippen molar-refractivity contribution in [2.45, 2.75) is 19.7 Å². The summed E-state index contributed by atoms with van der Waals surface area (Å²) < 4.78 is 30.2. The molecular weight excluding hydrogens is 410 g/mol. The van der Waals surface area contributed by atoms with Gasteiger partial charge in [0.25, 0.3) is 0 Å². The largest absolute Gasteiger partial charge is 0.435 e. The summed E-state index contributed by atoms with van der Waals surface area (Å²) in [5, 5.41) is 3.24. The third-order valence-corrected chi connectivity index (χ3v) is 3.77. The molecule has 0 aliphatic carbocycles. The lowest BCUT2D eigenvalue weighted by molar-refractivity contribution is -0.0498. The molecular formula is C14H12Br2F2N2O. The molecule has 0 spiro atoms. The molecule has 0 amide bonds. The van der Waals surface area contributed by atoms with E-state index in [-0.39, 0.29) is 5.75 Å². The van der Waals surface area contributed by atoms with Crippen LogP contribution in [0.5, 0.6) is 5.75 Å². The molecule has 2 rings (SSSR count). The maximum absolute atomic E-state index is 12.0. The number of ether oxygens (including phenoxy) is 1. The Hall–Kier alpha value is -1.05. The molecule has 1 aromatic carbocycles. The highest BCUT2D eigenvalue weighted by molar-refractivity contribution is 9.11. The van der Waals surface area contributed by atoms with Crippen LogP contribution in [0.15, 0.2) is 45.5 Å². The van der Waals surface area contributed by atoms with Crippen molar-refractivity contribution in [2.24, 2.45) is 0 Å². The Morgan fingerprint density at radius 3 is 2.48 bits per heavy atom. The highest BCUT2D eigenvalue weighted by Crippen LogP contribution is 2.19. The van der Waals surface area contributed by atoms with E-state index in [2.05, 4.69) is 46.9 Å². The number of rotatable bonds is 6. The first-order valence-electron chi connectivity index (χ1n) is 6.09. The van der Waals surface area contributed by atoms with Crippen LogP contribution in [0.4, 0.5) is 8.78 Å². The number of hydrogen-bond acceptors (Lipinski definition) is 3. The fourth-order valence-electron chi connectivity index (χ4n) is 1.69. The quantitative estimate of drug-likeness (QED) is 0.745. The molecule has 1 aromatic heterocycles. The number of pyridine rings is 1. The lowest BCUT2D eigenvalue weighted by Crippen LogP contribution is -2.14. The van der Waals surface area contributed by atoms with Gasteiger partial charge in [0.1, 0.15) is 5.75 Å². The third kappa shape index (κ3) is 5.33. The zero-order chi connectivity index (χ0) is 15.2. The zero-order valence-electron chi connectivity index (χ0n) is 10.8. The van der Waals surface area contributed by atoms with Crippen molar-refractivity contribution < 1.29 is 13.5 Å².